The normalized spacial score (nSPS) is 11.1. The number of carboxylic acid groups (broad SMARTS) is 1. The molecule has 1 aromatic rings. The summed E-state index contributed by atoms with van der Waals surface area (Å²) in [7, 11) is 0. The van der Waals surface area contributed by atoms with Crippen molar-refractivity contribution in [1.29, 1.82) is 0 Å². The van der Waals surface area contributed by atoms with Gasteiger partial charge in [0.1, 0.15) is 5.54 Å². The number of carboxylic acids is 1. The van der Waals surface area contributed by atoms with E-state index in [0.29, 0.717) is 5.56 Å². The molecule has 0 aromatic heterocycles. The molecule has 0 radical (unpaired) electrons. The molecule has 0 aliphatic rings. The van der Waals surface area contributed by atoms with E-state index in [-0.39, 0.29) is 5.91 Å². The van der Waals surface area contributed by atoms with Crippen LogP contribution in [0.2, 0.25) is 0 Å². The van der Waals surface area contributed by atoms with Gasteiger partial charge in [0.15, 0.2) is 0 Å². The van der Waals surface area contributed by atoms with Gasteiger partial charge >= 0.3 is 5.97 Å². The Balaban J connectivity index is 2.95. The van der Waals surface area contributed by atoms with Crippen LogP contribution < -0.4 is 5.32 Å². The van der Waals surface area contributed by atoms with E-state index < -0.39 is 11.5 Å². The summed E-state index contributed by atoms with van der Waals surface area (Å²) < 4.78 is 0. The quantitative estimate of drug-likeness (QED) is 0.840. The molecular weight excluding hydrogens is 218 g/mol. The van der Waals surface area contributed by atoms with Crippen molar-refractivity contribution in [1.82, 2.24) is 5.32 Å². The van der Waals surface area contributed by atoms with Crippen LogP contribution in [0, 0.1) is 13.8 Å². The topological polar surface area (TPSA) is 66.4 Å². The Morgan fingerprint density at radius 3 is 2.29 bits per heavy atom. The summed E-state index contributed by atoms with van der Waals surface area (Å²) >= 11 is 0. The lowest BCUT2D eigenvalue weighted by Crippen LogP contribution is -2.49. The van der Waals surface area contributed by atoms with Gasteiger partial charge in [-0.15, -0.1) is 0 Å². The number of aryl methyl sites for hydroxylation is 2. The molecular formula is C13H17NO3. The van der Waals surface area contributed by atoms with E-state index in [1.165, 1.54) is 13.8 Å². The fourth-order valence-electron chi connectivity index (χ4n) is 1.47. The first-order valence-electron chi connectivity index (χ1n) is 5.37. The summed E-state index contributed by atoms with van der Waals surface area (Å²) in [4.78, 5) is 22.8. The third-order valence-corrected chi connectivity index (χ3v) is 2.59. The van der Waals surface area contributed by atoms with Gasteiger partial charge in [0.25, 0.3) is 5.91 Å². The standard InChI is InChI=1S/C13H17NO3/c1-8-5-6-10(9(2)7-8)11(15)14-13(3,4)12(16)17/h5-7H,1-4H3,(H,14,15)(H,16,17). The van der Waals surface area contributed by atoms with Crippen LogP contribution in [0.25, 0.3) is 0 Å². The van der Waals surface area contributed by atoms with E-state index in [1.807, 2.05) is 26.0 Å². The fraction of sp³-hybridized carbons (Fsp3) is 0.385. The molecule has 0 unspecified atom stereocenters. The third kappa shape index (κ3) is 3.06. The summed E-state index contributed by atoms with van der Waals surface area (Å²) in [5, 5.41) is 11.4. The summed E-state index contributed by atoms with van der Waals surface area (Å²) in [6.45, 7) is 6.68. The first kappa shape index (κ1) is 13.2. The van der Waals surface area contributed by atoms with E-state index in [1.54, 1.807) is 6.07 Å². The van der Waals surface area contributed by atoms with Crippen LogP contribution in [-0.2, 0) is 4.79 Å². The highest BCUT2D eigenvalue weighted by Gasteiger charge is 2.29. The lowest BCUT2D eigenvalue weighted by Gasteiger charge is -2.21. The summed E-state index contributed by atoms with van der Waals surface area (Å²) in [6.07, 6.45) is 0. The van der Waals surface area contributed by atoms with Crippen molar-refractivity contribution in [2.45, 2.75) is 33.2 Å². The Labute approximate surface area is 101 Å². The summed E-state index contributed by atoms with van der Waals surface area (Å²) in [5.74, 6) is -1.43. The first-order valence-corrected chi connectivity index (χ1v) is 5.37. The minimum Gasteiger partial charge on any atom is -0.480 e. The number of nitrogens with one attached hydrogen (secondary N) is 1. The molecule has 4 nitrogen and oxygen atoms in total. The average molecular weight is 235 g/mol. The molecule has 0 atom stereocenters. The number of aliphatic carboxylic acids is 1. The lowest BCUT2D eigenvalue weighted by molar-refractivity contribution is -0.143. The predicted molar refractivity (Wildman–Crippen MR) is 65.1 cm³/mol. The molecule has 0 bridgehead atoms. The zero-order valence-corrected chi connectivity index (χ0v) is 10.5. The molecule has 0 heterocycles. The Hall–Kier alpha value is -1.84. The molecule has 0 aliphatic carbocycles. The Bertz CT molecular complexity index is 464. The van der Waals surface area contributed by atoms with Gasteiger partial charge in [0.05, 0.1) is 0 Å². The largest absolute Gasteiger partial charge is 0.480 e. The molecule has 0 saturated carbocycles. The van der Waals surface area contributed by atoms with E-state index in [9.17, 15) is 9.59 Å². The van der Waals surface area contributed by atoms with Crippen LogP contribution >= 0.6 is 0 Å². The number of hydrogen-bond acceptors (Lipinski definition) is 2. The predicted octanol–water partition coefficient (Wildman–Crippen LogP) is 1.90. The maximum atomic E-state index is 11.9. The van der Waals surface area contributed by atoms with Gasteiger partial charge in [-0.05, 0) is 39.3 Å². The highest BCUT2D eigenvalue weighted by atomic mass is 16.4. The van der Waals surface area contributed by atoms with Crippen LogP contribution in [0.3, 0.4) is 0 Å². The molecule has 92 valence electrons. The van der Waals surface area contributed by atoms with Crippen LogP contribution in [-0.4, -0.2) is 22.5 Å². The van der Waals surface area contributed by atoms with Gasteiger partial charge in [0.2, 0.25) is 0 Å². The average Bonchev–Trinajstić information content (AvgIpc) is 2.15. The molecule has 0 spiro atoms. The highest BCUT2D eigenvalue weighted by molar-refractivity contribution is 5.98. The molecule has 4 heteroatoms. The second kappa shape index (κ2) is 4.57. The van der Waals surface area contributed by atoms with Crippen molar-refractivity contribution in [3.63, 3.8) is 0 Å². The maximum absolute atomic E-state index is 11.9. The smallest absolute Gasteiger partial charge is 0.328 e. The van der Waals surface area contributed by atoms with E-state index in [4.69, 9.17) is 5.11 Å². The van der Waals surface area contributed by atoms with Crippen molar-refractivity contribution in [3.05, 3.63) is 34.9 Å². The Kier molecular flexibility index (Phi) is 3.56. The van der Waals surface area contributed by atoms with Crippen molar-refractivity contribution in [2.24, 2.45) is 0 Å². The molecule has 0 aliphatic heterocycles. The van der Waals surface area contributed by atoms with Gasteiger partial charge in [-0.3, -0.25) is 4.79 Å². The van der Waals surface area contributed by atoms with E-state index >= 15 is 0 Å². The van der Waals surface area contributed by atoms with Crippen LogP contribution in [0.15, 0.2) is 18.2 Å². The van der Waals surface area contributed by atoms with Crippen molar-refractivity contribution in [2.75, 3.05) is 0 Å². The fourth-order valence-corrected chi connectivity index (χ4v) is 1.47. The SMILES string of the molecule is Cc1ccc(C(=O)NC(C)(C)C(=O)O)c(C)c1. The second-order valence-electron chi connectivity index (χ2n) is 4.70. The van der Waals surface area contributed by atoms with Gasteiger partial charge in [0, 0.05) is 5.56 Å². The van der Waals surface area contributed by atoms with Gasteiger partial charge in [-0.1, -0.05) is 17.7 Å². The first-order chi connectivity index (χ1) is 7.74. The minimum atomic E-state index is -1.27. The Morgan fingerprint density at radius 1 is 1.24 bits per heavy atom. The number of amides is 1. The van der Waals surface area contributed by atoms with E-state index in [2.05, 4.69) is 5.32 Å². The molecule has 17 heavy (non-hydrogen) atoms. The lowest BCUT2D eigenvalue weighted by atomic mass is 10.0. The maximum Gasteiger partial charge on any atom is 0.328 e. The minimum absolute atomic E-state index is 0.366. The highest BCUT2D eigenvalue weighted by Crippen LogP contribution is 2.12. The number of hydrogen-bond donors (Lipinski definition) is 2. The second-order valence-corrected chi connectivity index (χ2v) is 4.70. The summed E-state index contributed by atoms with van der Waals surface area (Å²) in [5.41, 5.74) is 1.14. The summed E-state index contributed by atoms with van der Waals surface area (Å²) in [6, 6.07) is 5.43. The molecule has 0 fully saturated rings. The van der Waals surface area contributed by atoms with Crippen LogP contribution in [0.1, 0.15) is 35.3 Å². The molecule has 0 saturated heterocycles. The van der Waals surface area contributed by atoms with Crippen LogP contribution in [0.4, 0.5) is 0 Å². The van der Waals surface area contributed by atoms with Crippen molar-refractivity contribution >= 4 is 11.9 Å². The van der Waals surface area contributed by atoms with Gasteiger partial charge < -0.3 is 10.4 Å². The van der Waals surface area contributed by atoms with Gasteiger partial charge in [-0.2, -0.15) is 0 Å². The molecule has 1 amide bonds. The zero-order chi connectivity index (χ0) is 13.2. The van der Waals surface area contributed by atoms with Crippen molar-refractivity contribution in [3.8, 4) is 0 Å². The van der Waals surface area contributed by atoms with Gasteiger partial charge in [-0.25, -0.2) is 4.79 Å². The van der Waals surface area contributed by atoms with Crippen molar-refractivity contribution < 1.29 is 14.7 Å². The number of carbonyl (C=O) groups excluding carboxylic acids is 1. The Morgan fingerprint density at radius 2 is 1.82 bits per heavy atom. The number of benzene rings is 1. The number of rotatable bonds is 3. The molecule has 1 aromatic carbocycles. The third-order valence-electron chi connectivity index (χ3n) is 2.59. The monoisotopic (exact) mass is 235 g/mol. The van der Waals surface area contributed by atoms with Crippen LogP contribution in [0.5, 0.6) is 0 Å². The molecule has 2 N–H and O–H groups in total. The number of carbonyl (C=O) groups is 2. The van der Waals surface area contributed by atoms with E-state index in [0.717, 1.165) is 11.1 Å². The molecule has 1 rings (SSSR count). The zero-order valence-electron chi connectivity index (χ0n) is 10.5.